The van der Waals surface area contributed by atoms with Crippen molar-refractivity contribution in [1.82, 2.24) is 24.1 Å². The molecule has 4 heterocycles. The van der Waals surface area contributed by atoms with Crippen molar-refractivity contribution < 1.29 is 14.3 Å². The lowest BCUT2D eigenvalue weighted by molar-refractivity contribution is -0.179. The molecule has 0 saturated carbocycles. The third kappa shape index (κ3) is 5.96. The van der Waals surface area contributed by atoms with Crippen molar-refractivity contribution in [2.24, 2.45) is 10.8 Å². The fraction of sp³-hybridized carbons (Fsp3) is 0.277. The number of aromatic nitrogens is 5. The number of carbonyl (C=O) groups excluding carboxylic acids is 1. The van der Waals surface area contributed by atoms with Crippen LogP contribution in [-0.4, -0.2) is 49.9 Å². The largest absolute Gasteiger partial charge is 0.464 e. The minimum Gasteiger partial charge on any atom is -0.464 e. The van der Waals surface area contributed by atoms with Gasteiger partial charge in [-0.2, -0.15) is 9.97 Å². The third-order valence-electron chi connectivity index (χ3n) is 11.9. The standard InChI is InChI=1S/C47H45N5O3/c1-5-46(4,44(53)55-30-47(6-2)28-54-29-47)27-31(3)51-38-23-15-13-21-34(38)36-26-41-37(25-40(36)51)35-22-14-16-24-39(35)52(41)45-49-42(32-17-9-7-10-18-32)48-43(50-45)33-19-11-8-12-20-33/h7-26,31H,5-6,27-30H2,1-4H3. The molecule has 0 radical (unpaired) electrons. The fourth-order valence-corrected chi connectivity index (χ4v) is 8.34. The molecule has 1 aliphatic heterocycles. The molecule has 0 N–H and O–H groups in total. The summed E-state index contributed by atoms with van der Waals surface area (Å²) in [5.74, 6) is 1.66. The third-order valence-corrected chi connectivity index (χ3v) is 11.9. The normalized spacial score (nSPS) is 15.6. The summed E-state index contributed by atoms with van der Waals surface area (Å²) < 4.78 is 16.2. The van der Waals surface area contributed by atoms with E-state index in [1.807, 2.05) is 60.7 Å². The van der Waals surface area contributed by atoms with Crippen molar-refractivity contribution in [3.05, 3.63) is 121 Å². The minimum atomic E-state index is -0.650. The number of carbonyl (C=O) groups is 1. The van der Waals surface area contributed by atoms with Crippen LogP contribution in [0.2, 0.25) is 0 Å². The molecular weight excluding hydrogens is 683 g/mol. The Balaban J connectivity index is 1.20. The first-order valence-electron chi connectivity index (χ1n) is 19.4. The molecule has 2 atom stereocenters. The summed E-state index contributed by atoms with van der Waals surface area (Å²) in [7, 11) is 0. The maximum Gasteiger partial charge on any atom is 0.311 e. The van der Waals surface area contributed by atoms with Crippen LogP contribution in [0, 0.1) is 10.8 Å². The average Bonchev–Trinajstić information content (AvgIpc) is 3.72. The van der Waals surface area contributed by atoms with Gasteiger partial charge < -0.3 is 14.0 Å². The van der Waals surface area contributed by atoms with E-state index in [1.165, 1.54) is 0 Å². The molecule has 5 aromatic carbocycles. The van der Waals surface area contributed by atoms with Gasteiger partial charge in [0.25, 0.3) is 0 Å². The van der Waals surface area contributed by atoms with Gasteiger partial charge in [0, 0.05) is 44.2 Å². The van der Waals surface area contributed by atoms with E-state index in [4.69, 9.17) is 24.4 Å². The lowest BCUT2D eigenvalue weighted by Crippen LogP contribution is -2.47. The number of para-hydroxylation sites is 2. The molecular formula is C47H45N5O3. The van der Waals surface area contributed by atoms with E-state index >= 15 is 0 Å². The number of nitrogens with zero attached hydrogens (tertiary/aromatic N) is 5. The predicted molar refractivity (Wildman–Crippen MR) is 220 cm³/mol. The van der Waals surface area contributed by atoms with Gasteiger partial charge in [0.1, 0.15) is 6.61 Å². The predicted octanol–water partition coefficient (Wildman–Crippen LogP) is 10.7. The van der Waals surface area contributed by atoms with Crippen LogP contribution in [0.25, 0.3) is 72.3 Å². The number of hydrogen-bond acceptors (Lipinski definition) is 6. The molecule has 0 amide bonds. The van der Waals surface area contributed by atoms with Crippen LogP contribution in [0.1, 0.15) is 53.0 Å². The number of benzene rings is 5. The summed E-state index contributed by atoms with van der Waals surface area (Å²) in [4.78, 5) is 29.1. The van der Waals surface area contributed by atoms with Crippen LogP contribution in [0.3, 0.4) is 0 Å². The van der Waals surface area contributed by atoms with Gasteiger partial charge in [-0.05, 0) is 57.4 Å². The Kier molecular flexibility index (Phi) is 8.73. The second-order valence-electron chi connectivity index (χ2n) is 15.5. The number of esters is 1. The molecule has 8 heteroatoms. The Morgan fingerprint density at radius 3 is 1.85 bits per heavy atom. The van der Waals surface area contributed by atoms with Gasteiger partial charge in [-0.1, -0.05) is 111 Å². The zero-order valence-electron chi connectivity index (χ0n) is 31.8. The summed E-state index contributed by atoms with van der Waals surface area (Å²) in [5.41, 5.74) is 5.43. The minimum absolute atomic E-state index is 0.00302. The van der Waals surface area contributed by atoms with Gasteiger partial charge in [0.05, 0.1) is 40.6 Å². The second kappa shape index (κ2) is 13.8. The van der Waals surface area contributed by atoms with Gasteiger partial charge in [-0.15, -0.1) is 0 Å². The quantitative estimate of drug-likeness (QED) is 0.123. The molecule has 1 saturated heterocycles. The maximum absolute atomic E-state index is 13.8. The van der Waals surface area contributed by atoms with Gasteiger partial charge in [-0.25, -0.2) is 4.98 Å². The number of rotatable bonds is 11. The Labute approximate surface area is 320 Å². The van der Waals surface area contributed by atoms with Crippen molar-refractivity contribution in [3.63, 3.8) is 0 Å². The van der Waals surface area contributed by atoms with Crippen LogP contribution in [0.15, 0.2) is 121 Å². The Bertz CT molecular complexity index is 2630. The highest BCUT2D eigenvalue weighted by molar-refractivity contribution is 6.18. The first-order chi connectivity index (χ1) is 26.8. The highest BCUT2D eigenvalue weighted by atomic mass is 16.5. The molecule has 8 nitrogen and oxygen atoms in total. The van der Waals surface area contributed by atoms with Crippen LogP contribution in [0.4, 0.5) is 0 Å². The van der Waals surface area contributed by atoms with Crippen molar-refractivity contribution >= 4 is 49.6 Å². The second-order valence-corrected chi connectivity index (χ2v) is 15.5. The molecule has 2 unspecified atom stereocenters. The van der Waals surface area contributed by atoms with Gasteiger partial charge in [0.2, 0.25) is 5.95 Å². The van der Waals surface area contributed by atoms with E-state index in [2.05, 4.69) is 97.5 Å². The number of hydrogen-bond donors (Lipinski definition) is 0. The van der Waals surface area contributed by atoms with Crippen molar-refractivity contribution in [3.8, 4) is 28.7 Å². The highest BCUT2D eigenvalue weighted by Crippen LogP contribution is 2.43. The first kappa shape index (κ1) is 34.9. The Morgan fingerprint density at radius 1 is 0.727 bits per heavy atom. The molecule has 55 heavy (non-hydrogen) atoms. The summed E-state index contributed by atoms with van der Waals surface area (Å²) in [5, 5.41) is 4.51. The molecule has 8 aromatic rings. The van der Waals surface area contributed by atoms with Crippen LogP contribution >= 0.6 is 0 Å². The number of fused-ring (bicyclic) bond motifs is 6. The summed E-state index contributed by atoms with van der Waals surface area (Å²) in [6.07, 6.45) is 2.25. The molecule has 0 aliphatic carbocycles. The SMILES string of the molecule is CCC1(COC(=O)C(C)(CC)CC(C)n2c3ccccc3c3cc4c(cc32)c2ccccc2n4-c2nc(-c3ccccc3)nc(-c3ccccc3)n2)COC1. The molecule has 1 aliphatic rings. The van der Waals surface area contributed by atoms with E-state index in [-0.39, 0.29) is 17.4 Å². The zero-order chi connectivity index (χ0) is 37.7. The first-order valence-corrected chi connectivity index (χ1v) is 19.4. The van der Waals surface area contributed by atoms with E-state index in [1.54, 1.807) is 0 Å². The summed E-state index contributed by atoms with van der Waals surface area (Å²) >= 11 is 0. The van der Waals surface area contributed by atoms with Crippen molar-refractivity contribution in [1.29, 1.82) is 0 Å². The molecule has 0 bridgehead atoms. The fourth-order valence-electron chi connectivity index (χ4n) is 8.34. The zero-order valence-corrected chi connectivity index (χ0v) is 31.8. The smallest absolute Gasteiger partial charge is 0.311 e. The van der Waals surface area contributed by atoms with Crippen LogP contribution in [0.5, 0.6) is 0 Å². The van der Waals surface area contributed by atoms with Crippen LogP contribution < -0.4 is 0 Å². The maximum atomic E-state index is 13.8. The van der Waals surface area contributed by atoms with Gasteiger partial charge in [0.15, 0.2) is 11.6 Å². The monoisotopic (exact) mass is 727 g/mol. The molecule has 276 valence electrons. The average molecular weight is 728 g/mol. The van der Waals surface area contributed by atoms with Crippen LogP contribution in [-0.2, 0) is 14.3 Å². The Hall–Kier alpha value is -5.86. The molecule has 3 aromatic heterocycles. The number of ether oxygens (including phenoxy) is 2. The van der Waals surface area contributed by atoms with Gasteiger partial charge >= 0.3 is 5.97 Å². The summed E-state index contributed by atoms with van der Waals surface area (Å²) in [6.45, 7) is 10.2. The van der Waals surface area contributed by atoms with E-state index < -0.39 is 5.41 Å². The topological polar surface area (TPSA) is 84.1 Å². The van der Waals surface area contributed by atoms with Gasteiger partial charge in [-0.3, -0.25) is 9.36 Å². The Morgan fingerprint density at radius 2 is 1.27 bits per heavy atom. The van der Waals surface area contributed by atoms with E-state index in [0.717, 1.165) is 61.2 Å². The lowest BCUT2D eigenvalue weighted by Gasteiger charge is -2.41. The van der Waals surface area contributed by atoms with Crippen molar-refractivity contribution in [2.75, 3.05) is 19.8 Å². The molecule has 1 fully saturated rings. The van der Waals surface area contributed by atoms with E-state index in [9.17, 15) is 4.79 Å². The lowest BCUT2D eigenvalue weighted by atomic mass is 9.80. The highest BCUT2D eigenvalue weighted by Gasteiger charge is 2.41. The molecule has 0 spiro atoms. The van der Waals surface area contributed by atoms with E-state index in [0.29, 0.717) is 50.3 Å². The molecule has 9 rings (SSSR count). The van der Waals surface area contributed by atoms with Crippen molar-refractivity contribution in [2.45, 2.75) is 53.0 Å². The summed E-state index contributed by atoms with van der Waals surface area (Å²) in [6, 6.07) is 41.8.